The molecule has 0 aliphatic rings. The number of benzene rings is 2. The van der Waals surface area contributed by atoms with E-state index in [0.29, 0.717) is 11.4 Å². The van der Waals surface area contributed by atoms with Crippen molar-refractivity contribution in [1.29, 1.82) is 0 Å². The Hall–Kier alpha value is -0.170. The van der Waals surface area contributed by atoms with Gasteiger partial charge in [0.05, 0.1) is 0 Å². The van der Waals surface area contributed by atoms with Crippen LogP contribution < -0.4 is 5.32 Å². The molecule has 112 valence electrons. The van der Waals surface area contributed by atoms with E-state index in [1.165, 1.54) is 21.3 Å². The minimum Gasteiger partial charge on any atom is -0.310 e. The molecule has 2 aromatic rings. The largest absolute Gasteiger partial charge is 0.310 e. The summed E-state index contributed by atoms with van der Waals surface area (Å²) >= 11 is 12.0. The maximum atomic E-state index is 13.4. The van der Waals surface area contributed by atoms with Gasteiger partial charge >= 0.3 is 0 Å². The van der Waals surface area contributed by atoms with Gasteiger partial charge in [-0.3, -0.25) is 0 Å². The van der Waals surface area contributed by atoms with E-state index < -0.39 is 0 Å². The van der Waals surface area contributed by atoms with E-state index >= 15 is 0 Å². The third-order valence-corrected chi connectivity index (χ3v) is 5.06. The number of halogens is 4. The molecule has 1 unspecified atom stereocenters. The fourth-order valence-electron chi connectivity index (χ4n) is 2.24. The first-order valence-corrected chi connectivity index (χ1v) is 8.88. The second-order valence-electron chi connectivity index (χ2n) is 4.72. The summed E-state index contributed by atoms with van der Waals surface area (Å²) in [6.07, 6.45) is 0.650. The Morgan fingerprint density at radius 3 is 2.76 bits per heavy atom. The van der Waals surface area contributed by atoms with Crippen LogP contribution in [0.15, 0.2) is 40.9 Å². The van der Waals surface area contributed by atoms with Gasteiger partial charge in [-0.2, -0.15) is 0 Å². The van der Waals surface area contributed by atoms with Crippen molar-refractivity contribution < 1.29 is 4.39 Å². The molecule has 1 nitrogen and oxygen atoms in total. The molecule has 0 aliphatic heterocycles. The van der Waals surface area contributed by atoms with Crippen molar-refractivity contribution in [3.05, 3.63) is 66.4 Å². The standard InChI is InChI=1S/C16H15BrClFIN/c1-2-21-16(13-9-11(17)3-6-15(13)20)8-10-7-12(19)4-5-14(10)18/h3-7,9,16,21H,2,8H2,1H3. The zero-order chi connectivity index (χ0) is 15.4. The van der Waals surface area contributed by atoms with E-state index in [0.717, 1.165) is 16.6 Å². The van der Waals surface area contributed by atoms with Crippen LogP contribution in [0.1, 0.15) is 24.1 Å². The topological polar surface area (TPSA) is 12.0 Å². The van der Waals surface area contributed by atoms with E-state index in [4.69, 9.17) is 11.6 Å². The van der Waals surface area contributed by atoms with Gasteiger partial charge in [-0.15, -0.1) is 0 Å². The highest BCUT2D eigenvalue weighted by Gasteiger charge is 2.16. The summed E-state index contributed by atoms with van der Waals surface area (Å²) < 4.78 is 15.6. The van der Waals surface area contributed by atoms with Gasteiger partial charge in [-0.25, -0.2) is 4.39 Å². The quantitative estimate of drug-likeness (QED) is 0.536. The first-order chi connectivity index (χ1) is 10.0. The summed E-state index contributed by atoms with van der Waals surface area (Å²) in [6, 6.07) is 10.8. The number of hydrogen-bond donors (Lipinski definition) is 1. The maximum absolute atomic E-state index is 13.4. The van der Waals surface area contributed by atoms with Gasteiger partial charge in [0, 0.05) is 19.1 Å². The van der Waals surface area contributed by atoms with E-state index in [2.05, 4.69) is 62.9 Å². The van der Waals surface area contributed by atoms with Crippen LogP contribution in [0, 0.1) is 9.39 Å². The minimum absolute atomic E-state index is 0.0960. The Morgan fingerprint density at radius 2 is 2.05 bits per heavy atom. The van der Waals surface area contributed by atoms with Gasteiger partial charge in [-0.1, -0.05) is 34.5 Å². The van der Waals surface area contributed by atoms with Gasteiger partial charge in [-0.05, 0) is 83.1 Å². The molecule has 0 amide bonds. The fourth-order valence-corrected chi connectivity index (χ4v) is 3.52. The van der Waals surface area contributed by atoms with Crippen LogP contribution in [0.5, 0.6) is 0 Å². The second-order valence-corrected chi connectivity index (χ2v) is 7.20. The molecular weight excluding hydrogens is 467 g/mol. The Balaban J connectivity index is 2.35. The van der Waals surface area contributed by atoms with Crippen molar-refractivity contribution in [1.82, 2.24) is 5.32 Å². The first kappa shape index (κ1) is 17.2. The Kier molecular flexibility index (Phi) is 6.47. The fraction of sp³-hybridized carbons (Fsp3) is 0.250. The average molecular weight is 483 g/mol. The first-order valence-electron chi connectivity index (χ1n) is 6.63. The summed E-state index contributed by atoms with van der Waals surface area (Å²) in [6.45, 7) is 2.89. The number of rotatable bonds is 5. The molecular formula is C16H15BrClFIN. The van der Waals surface area contributed by atoms with E-state index in [9.17, 15) is 4.39 Å². The van der Waals surface area contributed by atoms with Crippen LogP contribution in [0.4, 0.5) is 4.39 Å². The second kappa shape index (κ2) is 7.90. The molecule has 0 saturated heterocycles. The van der Waals surface area contributed by atoms with Crippen molar-refractivity contribution >= 4 is 50.1 Å². The molecule has 0 heterocycles. The lowest BCUT2D eigenvalue weighted by molar-refractivity contribution is 0.544. The zero-order valence-corrected chi connectivity index (χ0v) is 16.0. The highest BCUT2D eigenvalue weighted by Crippen LogP contribution is 2.29. The molecule has 1 atom stereocenters. The Bertz CT molecular complexity index is 636. The molecule has 5 heteroatoms. The molecule has 0 saturated carbocycles. The van der Waals surface area contributed by atoms with Crippen molar-refractivity contribution in [2.45, 2.75) is 19.4 Å². The maximum Gasteiger partial charge on any atom is 0.123 e. The number of likely N-dealkylation sites (N-methyl/N-ethyl adjacent to an activating group) is 1. The van der Waals surface area contributed by atoms with Crippen molar-refractivity contribution in [3.63, 3.8) is 0 Å². The monoisotopic (exact) mass is 481 g/mol. The van der Waals surface area contributed by atoms with Crippen molar-refractivity contribution in [3.8, 4) is 0 Å². The molecule has 0 aromatic heterocycles. The van der Waals surface area contributed by atoms with E-state index in [-0.39, 0.29) is 11.9 Å². The van der Waals surface area contributed by atoms with Gasteiger partial charge in [0.1, 0.15) is 5.82 Å². The van der Waals surface area contributed by atoms with Crippen LogP contribution in [0.3, 0.4) is 0 Å². The molecule has 2 rings (SSSR count). The summed E-state index contributed by atoms with van der Waals surface area (Å²) in [5.74, 6) is -0.256. The molecule has 21 heavy (non-hydrogen) atoms. The van der Waals surface area contributed by atoms with E-state index in [1.807, 2.05) is 6.07 Å². The molecule has 0 bridgehead atoms. The molecule has 0 fully saturated rings. The lowest BCUT2D eigenvalue weighted by Crippen LogP contribution is -2.24. The van der Waals surface area contributed by atoms with Gasteiger partial charge < -0.3 is 5.32 Å². The molecule has 2 aromatic carbocycles. The Labute approximate surface area is 151 Å². The van der Waals surface area contributed by atoms with Gasteiger partial charge in [0.25, 0.3) is 0 Å². The normalized spacial score (nSPS) is 12.4. The highest BCUT2D eigenvalue weighted by molar-refractivity contribution is 14.1. The molecule has 1 N–H and O–H groups in total. The summed E-state index contributed by atoms with van der Waals surface area (Å²) in [5.41, 5.74) is 2.01. The van der Waals surface area contributed by atoms with Crippen LogP contribution in [-0.2, 0) is 6.42 Å². The summed E-state index contributed by atoms with van der Waals surface area (Å²) in [5, 5.41) is 4.06. The molecule has 0 spiro atoms. The number of nitrogens with one attached hydrogen (secondary N) is 1. The van der Waals surface area contributed by atoms with Crippen LogP contribution >= 0.6 is 50.1 Å². The summed E-state index contributed by atoms with van der Waals surface area (Å²) in [4.78, 5) is 0. The number of hydrogen-bond acceptors (Lipinski definition) is 1. The average Bonchev–Trinajstić information content (AvgIpc) is 2.45. The van der Waals surface area contributed by atoms with Crippen molar-refractivity contribution in [2.24, 2.45) is 0 Å². The SMILES string of the molecule is CCNC(Cc1cc(F)ccc1Cl)c1cc(Br)ccc1I. The highest BCUT2D eigenvalue weighted by atomic mass is 127. The van der Waals surface area contributed by atoms with Gasteiger partial charge in [0.2, 0.25) is 0 Å². The lowest BCUT2D eigenvalue weighted by atomic mass is 9.98. The lowest BCUT2D eigenvalue weighted by Gasteiger charge is -2.21. The van der Waals surface area contributed by atoms with Crippen LogP contribution in [-0.4, -0.2) is 6.54 Å². The Morgan fingerprint density at radius 1 is 1.29 bits per heavy atom. The van der Waals surface area contributed by atoms with E-state index in [1.54, 1.807) is 6.07 Å². The smallest absolute Gasteiger partial charge is 0.123 e. The van der Waals surface area contributed by atoms with Crippen molar-refractivity contribution in [2.75, 3.05) is 6.54 Å². The summed E-state index contributed by atoms with van der Waals surface area (Å²) in [7, 11) is 0. The van der Waals surface area contributed by atoms with Crippen LogP contribution in [0.25, 0.3) is 0 Å². The third kappa shape index (κ3) is 4.65. The van der Waals surface area contributed by atoms with Gasteiger partial charge in [0.15, 0.2) is 0 Å². The predicted octanol–water partition coefficient (Wildman–Crippen LogP) is 5.74. The predicted molar refractivity (Wildman–Crippen MR) is 98.4 cm³/mol. The van der Waals surface area contributed by atoms with Crippen LogP contribution in [0.2, 0.25) is 5.02 Å². The minimum atomic E-state index is -0.256. The third-order valence-electron chi connectivity index (χ3n) is 3.22. The zero-order valence-electron chi connectivity index (χ0n) is 11.5. The molecule has 0 aliphatic carbocycles. The molecule has 0 radical (unpaired) electrons.